The van der Waals surface area contributed by atoms with Gasteiger partial charge in [-0.15, -0.1) is 11.8 Å². The van der Waals surface area contributed by atoms with Crippen LogP contribution in [0.2, 0.25) is 0 Å². The summed E-state index contributed by atoms with van der Waals surface area (Å²) in [5.41, 5.74) is 0.776. The Morgan fingerprint density at radius 2 is 1.78 bits per heavy atom. The molecule has 0 aromatic heterocycles. The number of carbonyl (C=O) groups is 3. The van der Waals surface area contributed by atoms with Crippen molar-refractivity contribution in [2.45, 2.75) is 55.7 Å². The number of fused-ring (bicyclic) bond motifs is 3. The Bertz CT molecular complexity index is 1420. The summed E-state index contributed by atoms with van der Waals surface area (Å²) in [5, 5.41) is 12.5. The lowest BCUT2D eigenvalue weighted by Crippen LogP contribution is -2.57. The van der Waals surface area contributed by atoms with E-state index in [1.165, 1.54) is 0 Å². The molecule has 0 aliphatic carbocycles. The van der Waals surface area contributed by atoms with Gasteiger partial charge in [-0.25, -0.2) is 0 Å². The number of amides is 3. The number of carbonyl (C=O) groups excluding carboxylic acids is 3. The quantitative estimate of drug-likeness (QED) is 0.501. The Balaban J connectivity index is 1.47. The van der Waals surface area contributed by atoms with E-state index in [0.717, 1.165) is 22.9 Å². The highest BCUT2D eigenvalue weighted by atomic mass is 32.2. The van der Waals surface area contributed by atoms with E-state index in [1.807, 2.05) is 65.6 Å². The molecule has 4 heterocycles. The van der Waals surface area contributed by atoms with E-state index in [1.54, 1.807) is 21.6 Å². The van der Waals surface area contributed by atoms with Gasteiger partial charge < -0.3 is 19.8 Å². The van der Waals surface area contributed by atoms with Gasteiger partial charge in [-0.2, -0.15) is 0 Å². The largest absolute Gasteiger partial charge is 0.394 e. The first kappa shape index (κ1) is 28.0. The van der Waals surface area contributed by atoms with Crippen LogP contribution in [0.4, 0.5) is 5.69 Å². The molecule has 6 rings (SSSR count). The van der Waals surface area contributed by atoms with Gasteiger partial charge in [-0.3, -0.25) is 14.4 Å². The maximum absolute atomic E-state index is 14.8. The minimum Gasteiger partial charge on any atom is -0.394 e. The molecule has 1 N–H and O–H groups in total. The van der Waals surface area contributed by atoms with E-state index in [9.17, 15) is 19.5 Å². The summed E-state index contributed by atoms with van der Waals surface area (Å²) in [6.07, 6.45) is 9.58. The van der Waals surface area contributed by atoms with E-state index >= 15 is 0 Å². The van der Waals surface area contributed by atoms with Crippen LogP contribution in [0.15, 0.2) is 66.8 Å². The van der Waals surface area contributed by atoms with Gasteiger partial charge in [0.1, 0.15) is 6.04 Å². The lowest BCUT2D eigenvalue weighted by Gasteiger charge is -2.39. The lowest BCUT2D eigenvalue weighted by atomic mass is 9.78. The van der Waals surface area contributed by atoms with Gasteiger partial charge in [0.25, 0.3) is 5.91 Å². The van der Waals surface area contributed by atoms with Crippen molar-refractivity contribution in [3.63, 3.8) is 0 Å². The molecule has 0 radical (unpaired) electrons. The van der Waals surface area contributed by atoms with Crippen molar-refractivity contribution in [3.8, 4) is 0 Å². The summed E-state index contributed by atoms with van der Waals surface area (Å²) >= 11 is 1.59. The van der Waals surface area contributed by atoms with Crippen molar-refractivity contribution in [2.75, 3.05) is 31.1 Å². The van der Waals surface area contributed by atoms with Crippen LogP contribution >= 0.6 is 11.8 Å². The van der Waals surface area contributed by atoms with Crippen molar-refractivity contribution < 1.29 is 19.5 Å². The number of likely N-dealkylation sites (tertiary alicyclic amines) is 1. The average Bonchev–Trinajstić information content (AvgIpc) is 3.29. The molecule has 4 aliphatic rings. The van der Waals surface area contributed by atoms with Gasteiger partial charge >= 0.3 is 0 Å². The molecule has 1 unspecified atom stereocenters. The van der Waals surface area contributed by atoms with Crippen LogP contribution in [-0.2, 0) is 14.4 Å². The molecule has 1 spiro atoms. The fourth-order valence-electron chi connectivity index (χ4n) is 7.39. The number of benzene rings is 2. The summed E-state index contributed by atoms with van der Waals surface area (Å²) in [4.78, 5) is 48.7. The van der Waals surface area contributed by atoms with Crippen LogP contribution in [0.1, 0.15) is 33.6 Å². The first-order valence-corrected chi connectivity index (χ1v) is 15.7. The van der Waals surface area contributed by atoms with E-state index in [4.69, 9.17) is 0 Å². The number of anilines is 1. The Morgan fingerprint density at radius 3 is 2.51 bits per heavy atom. The third kappa shape index (κ3) is 4.50. The monoisotopic (exact) mass is 573 g/mol. The second-order valence-corrected chi connectivity index (χ2v) is 13.6. The molecule has 2 aromatic carbocycles. The fourth-order valence-corrected chi connectivity index (χ4v) is 9.38. The summed E-state index contributed by atoms with van der Waals surface area (Å²) in [5.74, 6) is -1.36. The summed E-state index contributed by atoms with van der Waals surface area (Å²) in [6.45, 7) is 7.48. The van der Waals surface area contributed by atoms with Crippen LogP contribution in [0.5, 0.6) is 0 Å². The van der Waals surface area contributed by atoms with Crippen LogP contribution in [-0.4, -0.2) is 80.9 Å². The van der Waals surface area contributed by atoms with E-state index in [2.05, 4.69) is 26.8 Å². The number of aliphatic hydroxyl groups is 1. The molecule has 0 saturated carbocycles. The maximum Gasteiger partial charge on any atom is 0.251 e. The zero-order valence-corrected chi connectivity index (χ0v) is 24.8. The van der Waals surface area contributed by atoms with Crippen molar-refractivity contribution in [2.24, 2.45) is 17.8 Å². The number of aliphatic hydroxyl groups excluding tert-OH is 1. The third-order valence-corrected chi connectivity index (χ3v) is 10.8. The van der Waals surface area contributed by atoms with Gasteiger partial charge in [0.05, 0.1) is 29.2 Å². The zero-order valence-electron chi connectivity index (χ0n) is 24.0. The predicted octanol–water partition coefficient (Wildman–Crippen LogP) is 4.26. The van der Waals surface area contributed by atoms with E-state index in [-0.39, 0.29) is 35.5 Å². The average molecular weight is 574 g/mol. The highest BCUT2D eigenvalue weighted by molar-refractivity contribution is 8.02. The molecule has 216 valence electrons. The molecule has 4 aliphatic heterocycles. The highest BCUT2D eigenvalue weighted by Crippen LogP contribution is 2.61. The standard InChI is InChI=1S/C33H39N3O4S/c1-4-15-34-16-7-11-26-27(30(34)38)28-31(39)36(25(20-37)18-21(2)3)29-32(40)35(17-8-14-33(28,29)41-26)24-13-12-22-9-5-6-10-23(22)19-24/h5-14,19,21,25-29,37H,4,15-18,20H2,1-3H3/t25-,26+,27-,28+,29?,33+/m1/s1. The fraction of sp³-hybridized carbons (Fsp3) is 0.485. The molecule has 7 nitrogen and oxygen atoms in total. The smallest absolute Gasteiger partial charge is 0.251 e. The lowest BCUT2D eigenvalue weighted by molar-refractivity contribution is -0.144. The number of rotatable bonds is 7. The molecule has 2 fully saturated rings. The van der Waals surface area contributed by atoms with Crippen LogP contribution in [0.25, 0.3) is 10.8 Å². The van der Waals surface area contributed by atoms with Crippen molar-refractivity contribution >= 4 is 45.9 Å². The number of hydrogen-bond acceptors (Lipinski definition) is 5. The first-order valence-electron chi connectivity index (χ1n) is 14.8. The molecule has 2 saturated heterocycles. The van der Waals surface area contributed by atoms with Gasteiger partial charge in [0.15, 0.2) is 0 Å². The molecular weight excluding hydrogens is 534 g/mol. The molecule has 8 heteroatoms. The summed E-state index contributed by atoms with van der Waals surface area (Å²) < 4.78 is -0.894. The van der Waals surface area contributed by atoms with Gasteiger partial charge in [-0.1, -0.05) is 75.4 Å². The highest BCUT2D eigenvalue weighted by Gasteiger charge is 2.71. The predicted molar refractivity (Wildman–Crippen MR) is 164 cm³/mol. The van der Waals surface area contributed by atoms with Crippen molar-refractivity contribution in [3.05, 3.63) is 66.8 Å². The van der Waals surface area contributed by atoms with Crippen molar-refractivity contribution in [1.29, 1.82) is 0 Å². The minimum absolute atomic E-state index is 0.00827. The van der Waals surface area contributed by atoms with Crippen LogP contribution in [0, 0.1) is 17.8 Å². The second kappa shape index (κ2) is 11.0. The van der Waals surface area contributed by atoms with Crippen molar-refractivity contribution in [1.82, 2.24) is 9.80 Å². The summed E-state index contributed by atoms with van der Waals surface area (Å²) in [7, 11) is 0. The first-order chi connectivity index (χ1) is 19.8. The number of nitrogens with zero attached hydrogens (tertiary/aromatic N) is 3. The third-order valence-electron chi connectivity index (χ3n) is 9.07. The Labute approximate surface area is 246 Å². The van der Waals surface area contributed by atoms with Gasteiger partial charge in [0.2, 0.25) is 11.8 Å². The normalized spacial score (nSPS) is 30.1. The topological polar surface area (TPSA) is 81.2 Å². The number of thioether (sulfide) groups is 1. The SMILES string of the molecule is CCCN1CC=C[C@@H]2S[C@]34C=CCN(c5ccc6ccccc6c5)C(=O)C3N([C@@H](CO)CC(C)C)C(=O)[C@@H]4[C@@H]2C1=O. The maximum atomic E-state index is 14.8. The molecule has 6 atom stereocenters. The van der Waals surface area contributed by atoms with E-state index in [0.29, 0.717) is 26.1 Å². The zero-order chi connectivity index (χ0) is 28.9. The van der Waals surface area contributed by atoms with Gasteiger partial charge in [-0.05, 0) is 41.7 Å². The Kier molecular flexibility index (Phi) is 7.49. The number of hydrogen-bond donors (Lipinski definition) is 1. The van der Waals surface area contributed by atoms with Gasteiger partial charge in [0, 0.05) is 30.6 Å². The molecule has 3 amide bonds. The Hall–Kier alpha value is -3.10. The minimum atomic E-state index is -0.894. The summed E-state index contributed by atoms with van der Waals surface area (Å²) in [6, 6.07) is 12.7. The molecule has 41 heavy (non-hydrogen) atoms. The second-order valence-electron chi connectivity index (χ2n) is 12.1. The molecule has 2 aromatic rings. The van der Waals surface area contributed by atoms with Crippen LogP contribution < -0.4 is 4.90 Å². The van der Waals surface area contributed by atoms with E-state index < -0.39 is 28.7 Å². The molecular formula is C33H39N3O4S. The van der Waals surface area contributed by atoms with Crippen LogP contribution in [0.3, 0.4) is 0 Å². The molecule has 0 bridgehead atoms. The Morgan fingerprint density at radius 1 is 1.00 bits per heavy atom.